The molecule has 4 rings (SSSR count). The highest BCUT2D eigenvalue weighted by molar-refractivity contribution is 7.73. The largest absolute Gasteiger partial charge is 0.356 e. The highest BCUT2D eigenvalue weighted by atomic mass is 32.1. The van der Waals surface area contributed by atoms with E-state index in [-0.39, 0.29) is 11.9 Å². The Bertz CT molecular complexity index is 982. The van der Waals surface area contributed by atoms with Crippen LogP contribution in [0.4, 0.5) is 0 Å². The molecule has 1 atom stereocenters. The number of para-hydroxylation sites is 1. The van der Waals surface area contributed by atoms with Gasteiger partial charge in [-0.3, -0.25) is 4.79 Å². The van der Waals surface area contributed by atoms with Crippen LogP contribution in [0.2, 0.25) is 0 Å². The molecule has 124 valence electrons. The summed E-state index contributed by atoms with van der Waals surface area (Å²) in [6.07, 6.45) is 1.32. The number of amides is 1. The van der Waals surface area contributed by atoms with E-state index in [0.29, 0.717) is 6.42 Å². The second kappa shape index (κ2) is 5.86. The number of benzene rings is 1. The Morgan fingerprint density at radius 1 is 1.38 bits per heavy atom. The van der Waals surface area contributed by atoms with Gasteiger partial charge in [-0.2, -0.15) is 0 Å². The average Bonchev–Trinajstić information content (AvgIpc) is 3.08. The summed E-state index contributed by atoms with van der Waals surface area (Å²) in [5.41, 5.74) is 4.70. The first-order chi connectivity index (χ1) is 11.5. The van der Waals surface area contributed by atoms with Gasteiger partial charge in [0.15, 0.2) is 3.95 Å². The molecule has 0 saturated heterocycles. The van der Waals surface area contributed by atoms with Gasteiger partial charge < -0.3 is 14.9 Å². The Morgan fingerprint density at radius 2 is 2.17 bits per heavy atom. The van der Waals surface area contributed by atoms with Crippen LogP contribution in [0.25, 0.3) is 10.9 Å². The summed E-state index contributed by atoms with van der Waals surface area (Å²) in [4.78, 5) is 22.5. The third kappa shape index (κ3) is 2.50. The topological polar surface area (TPSA) is 51.9 Å². The molecule has 3 heterocycles. The molecular formula is C18H19N3OS2. The molecule has 4 nitrogen and oxygen atoms in total. The molecule has 0 spiro atoms. The number of nitrogens with zero attached hydrogens (tertiary/aromatic N) is 1. The van der Waals surface area contributed by atoms with E-state index in [1.165, 1.54) is 28.0 Å². The molecule has 1 aliphatic heterocycles. The van der Waals surface area contributed by atoms with Gasteiger partial charge in [0.1, 0.15) is 0 Å². The lowest BCUT2D eigenvalue weighted by Gasteiger charge is -2.33. The fraction of sp³-hybridized carbons (Fsp3) is 0.333. The van der Waals surface area contributed by atoms with Crippen molar-refractivity contribution in [3.05, 3.63) is 50.0 Å². The zero-order valence-electron chi connectivity index (χ0n) is 13.7. The number of nitrogens with one attached hydrogen (secondary N) is 2. The number of aromatic nitrogens is 2. The molecule has 2 N–H and O–H groups in total. The van der Waals surface area contributed by atoms with Gasteiger partial charge in [-0.05, 0) is 44.1 Å². The monoisotopic (exact) mass is 357 g/mol. The maximum Gasteiger partial charge on any atom is 0.228 e. The second-order valence-electron chi connectivity index (χ2n) is 6.32. The van der Waals surface area contributed by atoms with Crippen LogP contribution in [-0.4, -0.2) is 27.3 Å². The number of aromatic amines is 2. The Morgan fingerprint density at radius 3 is 2.92 bits per heavy atom. The Kier molecular flexibility index (Phi) is 3.81. The Balaban J connectivity index is 1.62. The summed E-state index contributed by atoms with van der Waals surface area (Å²) in [7, 11) is 0. The van der Waals surface area contributed by atoms with Crippen molar-refractivity contribution in [1.82, 2.24) is 14.9 Å². The number of aryl methyl sites for hydroxylation is 1. The zero-order chi connectivity index (χ0) is 16.8. The minimum atomic E-state index is 0.0702. The molecule has 0 radical (unpaired) electrons. The van der Waals surface area contributed by atoms with E-state index in [0.717, 1.165) is 33.0 Å². The minimum absolute atomic E-state index is 0.0702. The number of thiazole rings is 1. The van der Waals surface area contributed by atoms with E-state index < -0.39 is 0 Å². The number of hydrogen-bond acceptors (Lipinski definition) is 3. The molecule has 0 unspecified atom stereocenters. The van der Waals surface area contributed by atoms with Crippen LogP contribution >= 0.6 is 23.6 Å². The summed E-state index contributed by atoms with van der Waals surface area (Å²) in [5, 5.41) is 1.28. The van der Waals surface area contributed by atoms with Gasteiger partial charge in [-0.25, -0.2) is 0 Å². The molecule has 0 aliphatic carbocycles. The lowest BCUT2D eigenvalue weighted by Crippen LogP contribution is -2.39. The molecule has 1 amide bonds. The zero-order valence-corrected chi connectivity index (χ0v) is 15.3. The molecule has 1 aromatic carbocycles. The van der Waals surface area contributed by atoms with E-state index in [1.807, 2.05) is 17.9 Å². The van der Waals surface area contributed by atoms with E-state index in [4.69, 9.17) is 12.2 Å². The van der Waals surface area contributed by atoms with Gasteiger partial charge in [-0.15, -0.1) is 11.3 Å². The molecule has 0 fully saturated rings. The van der Waals surface area contributed by atoms with Crippen LogP contribution in [0.1, 0.15) is 34.8 Å². The van der Waals surface area contributed by atoms with Crippen LogP contribution in [0, 0.1) is 10.9 Å². The lowest BCUT2D eigenvalue weighted by atomic mass is 9.98. The molecule has 2 aromatic heterocycles. The average molecular weight is 358 g/mol. The van der Waals surface area contributed by atoms with Crippen molar-refractivity contribution in [2.45, 2.75) is 32.7 Å². The van der Waals surface area contributed by atoms with E-state index in [1.54, 1.807) is 0 Å². The fourth-order valence-electron chi connectivity index (χ4n) is 3.61. The first-order valence-corrected chi connectivity index (χ1v) is 9.34. The minimum Gasteiger partial charge on any atom is -0.356 e. The lowest BCUT2D eigenvalue weighted by molar-refractivity contribution is -0.133. The normalized spacial score (nSPS) is 17.2. The van der Waals surface area contributed by atoms with Crippen molar-refractivity contribution in [3.63, 3.8) is 0 Å². The number of rotatable bonds is 2. The van der Waals surface area contributed by atoms with Gasteiger partial charge in [0.25, 0.3) is 0 Å². The van der Waals surface area contributed by atoms with Crippen molar-refractivity contribution in [3.8, 4) is 0 Å². The smallest absolute Gasteiger partial charge is 0.228 e. The first-order valence-electron chi connectivity index (χ1n) is 8.12. The maximum atomic E-state index is 12.8. The maximum absolute atomic E-state index is 12.8. The molecule has 6 heteroatoms. The predicted molar refractivity (Wildman–Crippen MR) is 100 cm³/mol. The second-order valence-corrected chi connectivity index (χ2v) is 8.09. The summed E-state index contributed by atoms with van der Waals surface area (Å²) in [5.74, 6) is 0.167. The van der Waals surface area contributed by atoms with Gasteiger partial charge in [0, 0.05) is 33.7 Å². The fourth-order valence-corrected chi connectivity index (χ4v) is 4.90. The van der Waals surface area contributed by atoms with Crippen LogP contribution in [-0.2, 0) is 17.6 Å². The number of hydrogen-bond donors (Lipinski definition) is 2. The highest BCUT2D eigenvalue weighted by Crippen LogP contribution is 2.34. The number of carbonyl (C=O) groups is 1. The summed E-state index contributed by atoms with van der Waals surface area (Å²) >= 11 is 6.68. The van der Waals surface area contributed by atoms with Crippen LogP contribution < -0.4 is 0 Å². The Hall–Kier alpha value is -1.92. The van der Waals surface area contributed by atoms with Crippen molar-refractivity contribution >= 4 is 40.4 Å². The molecule has 1 aliphatic rings. The SMILES string of the molecule is Cc1[nH]c(=S)sc1CC(=O)N1CCc2c([nH]c3ccccc23)[C@H]1C. The Labute approximate surface area is 149 Å². The van der Waals surface area contributed by atoms with Crippen molar-refractivity contribution in [1.29, 1.82) is 0 Å². The third-order valence-electron chi connectivity index (χ3n) is 4.89. The standard InChI is InChI=1S/C18H19N3OS2/c1-10-15(24-18(23)19-10)9-16(22)21-8-7-13-12-5-3-4-6-14(12)20-17(13)11(21)2/h3-6,11,20H,7-9H2,1-2H3,(H,19,23)/t11-/m1/s1. The van der Waals surface area contributed by atoms with Crippen LogP contribution in [0.5, 0.6) is 0 Å². The number of H-pyrrole nitrogens is 2. The van der Waals surface area contributed by atoms with E-state index >= 15 is 0 Å². The van der Waals surface area contributed by atoms with Crippen molar-refractivity contribution < 1.29 is 4.79 Å². The van der Waals surface area contributed by atoms with Crippen LogP contribution in [0.15, 0.2) is 24.3 Å². The third-order valence-corrected chi connectivity index (χ3v) is 6.23. The summed E-state index contributed by atoms with van der Waals surface area (Å²) < 4.78 is 0.736. The molecule has 0 bridgehead atoms. The van der Waals surface area contributed by atoms with Gasteiger partial charge >= 0.3 is 0 Å². The summed E-state index contributed by atoms with van der Waals surface area (Å²) in [6, 6.07) is 8.44. The molecule has 0 saturated carbocycles. The molecule has 24 heavy (non-hydrogen) atoms. The van der Waals surface area contributed by atoms with Gasteiger partial charge in [0.2, 0.25) is 5.91 Å². The van der Waals surface area contributed by atoms with Gasteiger partial charge in [-0.1, -0.05) is 18.2 Å². The van der Waals surface area contributed by atoms with Gasteiger partial charge in [0.05, 0.1) is 12.5 Å². The molecular weight excluding hydrogens is 338 g/mol. The number of carbonyl (C=O) groups excluding carboxylic acids is 1. The van der Waals surface area contributed by atoms with Crippen LogP contribution in [0.3, 0.4) is 0 Å². The van der Waals surface area contributed by atoms with Crippen molar-refractivity contribution in [2.75, 3.05) is 6.54 Å². The highest BCUT2D eigenvalue weighted by Gasteiger charge is 2.30. The van der Waals surface area contributed by atoms with E-state index in [2.05, 4.69) is 35.1 Å². The predicted octanol–water partition coefficient (Wildman–Crippen LogP) is 4.28. The molecule has 3 aromatic rings. The van der Waals surface area contributed by atoms with E-state index in [9.17, 15) is 4.79 Å². The summed E-state index contributed by atoms with van der Waals surface area (Å²) in [6.45, 7) is 4.85. The quantitative estimate of drug-likeness (QED) is 0.673. The number of fused-ring (bicyclic) bond motifs is 3. The van der Waals surface area contributed by atoms with Crippen molar-refractivity contribution in [2.24, 2.45) is 0 Å². The first kappa shape index (κ1) is 15.6.